The molecule has 154 valence electrons. The Labute approximate surface area is 170 Å². The highest BCUT2D eigenvalue weighted by Gasteiger charge is 2.22. The van der Waals surface area contributed by atoms with Gasteiger partial charge in [-0.15, -0.1) is 0 Å². The topological polar surface area (TPSA) is 135 Å². The Morgan fingerprint density at radius 3 is 2.75 bits per heavy atom. The summed E-state index contributed by atoms with van der Waals surface area (Å²) >= 11 is 3.11. The molecular weight excluding hydrogens is 457 g/mol. The molecule has 2 aromatic rings. The molecule has 1 unspecified atom stereocenters. The molecule has 0 aliphatic heterocycles. The van der Waals surface area contributed by atoms with Crippen LogP contribution in [-0.4, -0.2) is 59.8 Å². The summed E-state index contributed by atoms with van der Waals surface area (Å²) in [6.07, 6.45) is 0.766. The maximum Gasteiger partial charge on any atom is 0.215 e. The molecule has 0 radical (unpaired) electrons. The number of aromatic nitrogens is 2. The van der Waals surface area contributed by atoms with Crippen LogP contribution in [0.2, 0.25) is 0 Å². The van der Waals surface area contributed by atoms with Gasteiger partial charge in [0.15, 0.2) is 5.69 Å². The van der Waals surface area contributed by atoms with Gasteiger partial charge in [-0.2, -0.15) is 0 Å². The van der Waals surface area contributed by atoms with Crippen molar-refractivity contribution in [2.45, 2.75) is 25.3 Å². The molecule has 3 N–H and O–H groups in total. The van der Waals surface area contributed by atoms with Crippen LogP contribution >= 0.6 is 15.9 Å². The highest BCUT2D eigenvalue weighted by atomic mass is 79.9. The third-order valence-corrected chi connectivity index (χ3v) is 6.61. The molecule has 1 aromatic heterocycles. The van der Waals surface area contributed by atoms with Crippen molar-refractivity contribution in [3.05, 3.63) is 45.4 Å². The highest BCUT2D eigenvalue weighted by molar-refractivity contribution is 9.10. The van der Waals surface area contributed by atoms with Crippen LogP contribution in [-0.2, 0) is 22.9 Å². The quantitative estimate of drug-likeness (QED) is 0.317. The van der Waals surface area contributed by atoms with E-state index in [2.05, 4.69) is 31.4 Å². The van der Waals surface area contributed by atoms with Gasteiger partial charge in [-0.05, 0) is 51.6 Å². The zero-order chi connectivity index (χ0) is 20.9. The summed E-state index contributed by atoms with van der Waals surface area (Å²) in [6.45, 7) is 0. The minimum absolute atomic E-state index is 0.164. The summed E-state index contributed by atoms with van der Waals surface area (Å²) in [4.78, 5) is 0. The Bertz CT molecular complexity index is 948. The van der Waals surface area contributed by atoms with Crippen molar-refractivity contribution in [1.29, 1.82) is 0 Å². The van der Waals surface area contributed by atoms with Crippen molar-refractivity contribution < 1.29 is 22.6 Å². The van der Waals surface area contributed by atoms with Crippen molar-refractivity contribution >= 4 is 31.7 Å². The van der Waals surface area contributed by atoms with Gasteiger partial charge in [0.1, 0.15) is 17.2 Å². The smallest absolute Gasteiger partial charge is 0.215 e. The summed E-state index contributed by atoms with van der Waals surface area (Å²) in [5, 5.41) is 20.2. The normalized spacial score (nSPS) is 13.9. The van der Waals surface area contributed by atoms with E-state index in [-0.39, 0.29) is 34.5 Å². The lowest BCUT2D eigenvalue weighted by atomic mass is 10.0. The molecular formula is C16H21BrFN5O4S. The molecule has 2 rings (SSSR count). The largest absolute Gasteiger partial charge is 0.411 e. The monoisotopic (exact) mass is 477 g/mol. The zero-order valence-corrected chi connectivity index (χ0v) is 17.7. The summed E-state index contributed by atoms with van der Waals surface area (Å²) in [7, 11) is -0.530. The Hall–Kier alpha value is -1.89. The molecule has 9 nitrogen and oxygen atoms in total. The SMILES string of the molecule is CN(C)S(=O)(=O)CC(N)CCc1nonc1/C(Cc1ccc(F)c(Br)c1)=N/O. The van der Waals surface area contributed by atoms with E-state index in [0.717, 1.165) is 4.31 Å². The fourth-order valence-electron chi connectivity index (χ4n) is 2.42. The number of hydrogen-bond donors (Lipinski definition) is 2. The van der Waals surface area contributed by atoms with Crippen LogP contribution in [0.25, 0.3) is 0 Å². The standard InChI is InChI=1S/C16H21BrFN5O4S/c1-23(2)28(25,26)9-11(19)4-6-14-16(22-27-21-14)15(20-24)8-10-3-5-13(18)12(17)7-10/h3,5,7,11,24H,4,6,8-9,19H2,1-2H3/b20-15+. The number of halogens is 2. The van der Waals surface area contributed by atoms with Crippen LogP contribution in [0, 0.1) is 5.82 Å². The molecule has 0 spiro atoms. The van der Waals surface area contributed by atoms with Crippen LogP contribution < -0.4 is 5.73 Å². The van der Waals surface area contributed by atoms with Crippen LogP contribution in [0.3, 0.4) is 0 Å². The number of hydrogen-bond acceptors (Lipinski definition) is 8. The Morgan fingerprint density at radius 2 is 2.14 bits per heavy atom. The van der Waals surface area contributed by atoms with Gasteiger partial charge in [0, 0.05) is 26.6 Å². The van der Waals surface area contributed by atoms with E-state index in [1.54, 1.807) is 12.1 Å². The van der Waals surface area contributed by atoms with E-state index in [9.17, 15) is 18.0 Å². The first-order chi connectivity index (χ1) is 13.1. The van der Waals surface area contributed by atoms with E-state index >= 15 is 0 Å². The second-order valence-electron chi connectivity index (χ2n) is 6.39. The second kappa shape index (κ2) is 9.54. The summed E-state index contributed by atoms with van der Waals surface area (Å²) in [5.41, 5.74) is 7.43. The van der Waals surface area contributed by atoms with Gasteiger partial charge >= 0.3 is 0 Å². The molecule has 0 aliphatic rings. The van der Waals surface area contributed by atoms with E-state index in [1.807, 2.05) is 0 Å². The molecule has 1 aromatic carbocycles. The number of sulfonamides is 1. The predicted molar refractivity (Wildman–Crippen MR) is 104 cm³/mol. The minimum atomic E-state index is -3.42. The van der Waals surface area contributed by atoms with Gasteiger partial charge in [0.25, 0.3) is 0 Å². The lowest BCUT2D eigenvalue weighted by Gasteiger charge is -2.15. The van der Waals surface area contributed by atoms with Gasteiger partial charge in [-0.25, -0.2) is 21.7 Å². The Morgan fingerprint density at radius 1 is 1.43 bits per heavy atom. The van der Waals surface area contributed by atoms with E-state index in [1.165, 1.54) is 20.2 Å². The van der Waals surface area contributed by atoms with Crippen LogP contribution in [0.15, 0.2) is 32.5 Å². The molecule has 1 atom stereocenters. The highest BCUT2D eigenvalue weighted by Crippen LogP contribution is 2.19. The summed E-state index contributed by atoms with van der Waals surface area (Å²) in [5.74, 6) is -0.609. The van der Waals surface area contributed by atoms with Gasteiger partial charge < -0.3 is 10.9 Å². The lowest BCUT2D eigenvalue weighted by Crippen LogP contribution is -2.36. The summed E-state index contributed by atoms with van der Waals surface area (Å²) in [6, 6.07) is 3.80. The number of benzene rings is 1. The summed E-state index contributed by atoms with van der Waals surface area (Å²) < 4.78 is 43.3. The Balaban J connectivity index is 2.08. The van der Waals surface area contributed by atoms with Crippen molar-refractivity contribution in [3.8, 4) is 0 Å². The molecule has 0 saturated heterocycles. The molecule has 0 fully saturated rings. The predicted octanol–water partition coefficient (Wildman–Crippen LogP) is 1.54. The Kier molecular flexibility index (Phi) is 7.63. The van der Waals surface area contributed by atoms with Crippen molar-refractivity contribution in [2.24, 2.45) is 10.9 Å². The maximum atomic E-state index is 13.4. The number of nitrogens with zero attached hydrogens (tertiary/aromatic N) is 4. The van der Waals surface area contributed by atoms with E-state index in [4.69, 9.17) is 10.4 Å². The van der Waals surface area contributed by atoms with E-state index in [0.29, 0.717) is 17.7 Å². The van der Waals surface area contributed by atoms with Gasteiger partial charge in [-0.3, -0.25) is 0 Å². The number of nitrogens with two attached hydrogens (primary N) is 1. The molecule has 0 amide bonds. The molecule has 0 bridgehead atoms. The van der Waals surface area contributed by atoms with E-state index < -0.39 is 21.9 Å². The third kappa shape index (κ3) is 5.80. The van der Waals surface area contributed by atoms with Crippen molar-refractivity contribution in [2.75, 3.05) is 19.8 Å². The third-order valence-electron chi connectivity index (χ3n) is 4.04. The second-order valence-corrected chi connectivity index (χ2v) is 9.47. The maximum absolute atomic E-state index is 13.4. The number of oxime groups is 1. The minimum Gasteiger partial charge on any atom is -0.411 e. The van der Waals surface area contributed by atoms with Crippen LogP contribution in [0.4, 0.5) is 4.39 Å². The first-order valence-corrected chi connectivity index (χ1v) is 10.7. The van der Waals surface area contributed by atoms with Crippen LogP contribution in [0.1, 0.15) is 23.4 Å². The fourth-order valence-corrected chi connectivity index (χ4v) is 3.86. The van der Waals surface area contributed by atoms with Gasteiger partial charge in [0.05, 0.1) is 10.2 Å². The van der Waals surface area contributed by atoms with Gasteiger partial charge in [0.2, 0.25) is 10.0 Å². The fraction of sp³-hybridized carbons (Fsp3) is 0.438. The molecule has 1 heterocycles. The average Bonchev–Trinajstić information content (AvgIpc) is 3.08. The lowest BCUT2D eigenvalue weighted by molar-refractivity contribution is 0.300. The van der Waals surface area contributed by atoms with Crippen molar-refractivity contribution in [3.63, 3.8) is 0 Å². The average molecular weight is 478 g/mol. The molecule has 12 heteroatoms. The molecule has 0 aliphatic carbocycles. The number of rotatable bonds is 9. The molecule has 0 saturated carbocycles. The molecule has 28 heavy (non-hydrogen) atoms. The first kappa shape index (κ1) is 22.4. The number of aryl methyl sites for hydroxylation is 1. The van der Waals surface area contributed by atoms with Crippen LogP contribution in [0.5, 0.6) is 0 Å². The van der Waals surface area contributed by atoms with Gasteiger partial charge in [-0.1, -0.05) is 16.4 Å². The zero-order valence-electron chi connectivity index (χ0n) is 15.3. The van der Waals surface area contributed by atoms with Crippen molar-refractivity contribution in [1.82, 2.24) is 14.6 Å². The first-order valence-electron chi connectivity index (χ1n) is 8.26.